The molecule has 1 N–H and O–H groups in total. The van der Waals surface area contributed by atoms with Crippen LogP contribution in [0.4, 0.5) is 0 Å². The van der Waals surface area contributed by atoms with Gasteiger partial charge in [0, 0.05) is 22.6 Å². The third kappa shape index (κ3) is 3.63. The molecule has 9 heteroatoms. The van der Waals surface area contributed by atoms with E-state index in [9.17, 15) is 14.7 Å². The zero-order chi connectivity index (χ0) is 25.9. The Bertz CT molecular complexity index is 1500. The summed E-state index contributed by atoms with van der Waals surface area (Å²) in [5.41, 5.74) is 2.78. The van der Waals surface area contributed by atoms with E-state index in [4.69, 9.17) is 19.2 Å². The first-order valence-corrected chi connectivity index (χ1v) is 13.0. The number of aliphatic hydroxyl groups is 1. The van der Waals surface area contributed by atoms with Gasteiger partial charge in [0.25, 0.3) is 5.56 Å². The molecule has 1 atom stereocenters. The summed E-state index contributed by atoms with van der Waals surface area (Å²) in [4.78, 5) is 33.4. The highest BCUT2D eigenvalue weighted by atomic mass is 16.7. The summed E-state index contributed by atoms with van der Waals surface area (Å²) in [6, 6.07) is 5.65. The number of fused-ring (bicyclic) bond motifs is 6. The largest absolute Gasteiger partial charge is 0.458 e. The molecule has 0 radical (unpaired) electrons. The van der Waals surface area contributed by atoms with Gasteiger partial charge in [0.15, 0.2) is 17.1 Å². The Hall–Kier alpha value is -3.43. The van der Waals surface area contributed by atoms with Crippen molar-refractivity contribution in [3.8, 4) is 22.9 Å². The van der Waals surface area contributed by atoms with E-state index >= 15 is 0 Å². The topological polar surface area (TPSA) is 103 Å². The Morgan fingerprint density at radius 1 is 1.08 bits per heavy atom. The molecule has 0 saturated heterocycles. The predicted octanol–water partition coefficient (Wildman–Crippen LogP) is 3.08. The number of aryl methyl sites for hydroxylation is 1. The molecular formula is C28H31N3O6. The van der Waals surface area contributed by atoms with Gasteiger partial charge in [-0.1, -0.05) is 13.8 Å². The second kappa shape index (κ2) is 8.85. The number of aromatic nitrogens is 2. The van der Waals surface area contributed by atoms with Gasteiger partial charge in [-0.05, 0) is 63.5 Å². The third-order valence-electron chi connectivity index (χ3n) is 7.87. The summed E-state index contributed by atoms with van der Waals surface area (Å²) >= 11 is 0. The van der Waals surface area contributed by atoms with E-state index in [1.807, 2.05) is 12.1 Å². The monoisotopic (exact) mass is 505 g/mol. The highest BCUT2D eigenvalue weighted by Crippen LogP contribution is 2.43. The van der Waals surface area contributed by atoms with Crippen molar-refractivity contribution in [3.05, 3.63) is 50.8 Å². The Balaban J connectivity index is 1.52. The van der Waals surface area contributed by atoms with Gasteiger partial charge in [-0.3, -0.25) is 4.79 Å². The molecule has 5 heterocycles. The number of nitrogens with zero attached hydrogens (tertiary/aromatic N) is 3. The van der Waals surface area contributed by atoms with Crippen molar-refractivity contribution in [3.63, 3.8) is 0 Å². The molecule has 0 spiro atoms. The fraction of sp³-hybridized carbons (Fsp3) is 0.464. The lowest BCUT2D eigenvalue weighted by Crippen LogP contribution is -2.44. The first-order valence-electron chi connectivity index (χ1n) is 13.0. The lowest BCUT2D eigenvalue weighted by Gasteiger charge is -2.31. The van der Waals surface area contributed by atoms with Crippen LogP contribution in [0.5, 0.6) is 11.5 Å². The first-order chi connectivity index (χ1) is 17.9. The van der Waals surface area contributed by atoms with Gasteiger partial charge in [0.1, 0.15) is 6.61 Å². The molecule has 1 aromatic carbocycles. The van der Waals surface area contributed by atoms with Crippen molar-refractivity contribution in [2.24, 2.45) is 0 Å². The molecular weight excluding hydrogens is 474 g/mol. The quantitative estimate of drug-likeness (QED) is 0.382. The Morgan fingerprint density at radius 3 is 2.62 bits per heavy atom. The standard InChI is InChI=1S/C28H31N3O6/c1-4-8-30(3)9-6-7-16-17-10-23-24(37-15-36-23)12-21(17)29-25-18(16)13-31-22(25)11-20-19(26(31)32)14-35-27(33)28(20,34)5-2/h10-12,34H,4-9,13-15H2,1-3H3/t28-/m0/s1. The van der Waals surface area contributed by atoms with Crippen LogP contribution in [0.2, 0.25) is 0 Å². The molecule has 3 aliphatic heterocycles. The molecule has 0 aliphatic carbocycles. The SMILES string of the molecule is CCCN(C)CCCc1c2c(nc3cc4c(cc13)OCO4)-c1cc3c(c(=O)n1C2)COC(=O)[C@]3(O)CC. The molecule has 0 unspecified atom stereocenters. The van der Waals surface area contributed by atoms with Crippen LogP contribution >= 0.6 is 0 Å². The van der Waals surface area contributed by atoms with E-state index < -0.39 is 11.6 Å². The van der Waals surface area contributed by atoms with Crippen molar-refractivity contribution < 1.29 is 24.1 Å². The molecule has 0 bridgehead atoms. The minimum Gasteiger partial charge on any atom is -0.458 e. The smallest absolute Gasteiger partial charge is 0.343 e. The zero-order valence-corrected chi connectivity index (χ0v) is 21.4. The predicted molar refractivity (Wildman–Crippen MR) is 137 cm³/mol. The van der Waals surface area contributed by atoms with Gasteiger partial charge in [-0.25, -0.2) is 9.78 Å². The summed E-state index contributed by atoms with van der Waals surface area (Å²) in [7, 11) is 2.13. The van der Waals surface area contributed by atoms with Crippen molar-refractivity contribution >= 4 is 16.9 Å². The minimum absolute atomic E-state index is 0.111. The van der Waals surface area contributed by atoms with Gasteiger partial charge in [-0.2, -0.15) is 0 Å². The maximum Gasteiger partial charge on any atom is 0.343 e. The number of benzene rings is 1. The van der Waals surface area contributed by atoms with E-state index in [-0.39, 0.29) is 25.4 Å². The van der Waals surface area contributed by atoms with Crippen LogP contribution in [0.25, 0.3) is 22.3 Å². The molecule has 6 rings (SSSR count). The first kappa shape index (κ1) is 23.9. The lowest BCUT2D eigenvalue weighted by molar-refractivity contribution is -0.172. The zero-order valence-electron chi connectivity index (χ0n) is 21.4. The number of rotatable bonds is 7. The average molecular weight is 506 g/mol. The van der Waals surface area contributed by atoms with Gasteiger partial charge in [0.2, 0.25) is 6.79 Å². The lowest BCUT2D eigenvalue weighted by atomic mass is 9.86. The molecule has 0 amide bonds. The van der Waals surface area contributed by atoms with Crippen LogP contribution in [0.1, 0.15) is 55.4 Å². The second-order valence-electron chi connectivity index (χ2n) is 10.2. The van der Waals surface area contributed by atoms with Gasteiger partial charge in [-0.15, -0.1) is 0 Å². The van der Waals surface area contributed by atoms with Crippen LogP contribution in [0, 0.1) is 0 Å². The summed E-state index contributed by atoms with van der Waals surface area (Å²) < 4.78 is 18.2. The van der Waals surface area contributed by atoms with E-state index in [0.717, 1.165) is 54.4 Å². The van der Waals surface area contributed by atoms with Crippen LogP contribution < -0.4 is 15.0 Å². The normalized spacial score (nSPS) is 19.2. The van der Waals surface area contributed by atoms with Gasteiger partial charge in [0.05, 0.1) is 29.0 Å². The minimum atomic E-state index is -1.85. The van der Waals surface area contributed by atoms with Gasteiger partial charge >= 0.3 is 5.97 Å². The van der Waals surface area contributed by atoms with E-state index in [2.05, 4.69) is 18.9 Å². The Kier molecular flexibility index (Phi) is 5.72. The van der Waals surface area contributed by atoms with E-state index in [1.165, 1.54) is 0 Å². The summed E-state index contributed by atoms with van der Waals surface area (Å²) in [5, 5.41) is 12.2. The molecule has 0 saturated carbocycles. The van der Waals surface area contributed by atoms with Crippen molar-refractivity contribution in [2.75, 3.05) is 26.9 Å². The van der Waals surface area contributed by atoms with Gasteiger partial charge < -0.3 is 28.8 Å². The van der Waals surface area contributed by atoms with Crippen LogP contribution in [-0.4, -0.2) is 52.5 Å². The Labute approximate surface area is 214 Å². The molecule has 194 valence electrons. The fourth-order valence-corrected chi connectivity index (χ4v) is 5.86. The summed E-state index contributed by atoms with van der Waals surface area (Å²) in [6.07, 6.45) is 2.99. The van der Waals surface area contributed by atoms with Crippen LogP contribution in [-0.2, 0) is 34.7 Å². The number of hydrogen-bond acceptors (Lipinski definition) is 8. The maximum absolute atomic E-state index is 13.6. The number of cyclic esters (lactones) is 1. The van der Waals surface area contributed by atoms with Crippen LogP contribution in [0.3, 0.4) is 0 Å². The Morgan fingerprint density at radius 2 is 1.86 bits per heavy atom. The molecule has 3 aromatic rings. The summed E-state index contributed by atoms with van der Waals surface area (Å²) in [6.45, 7) is 6.31. The molecule has 3 aliphatic rings. The van der Waals surface area contributed by atoms with E-state index in [0.29, 0.717) is 40.6 Å². The number of esters is 1. The van der Waals surface area contributed by atoms with Crippen molar-refractivity contribution in [1.29, 1.82) is 0 Å². The number of carbonyl (C=O) groups is 1. The highest BCUT2D eigenvalue weighted by molar-refractivity contribution is 5.91. The number of hydrogen-bond donors (Lipinski definition) is 1. The fourth-order valence-electron chi connectivity index (χ4n) is 5.86. The average Bonchev–Trinajstić information content (AvgIpc) is 3.49. The van der Waals surface area contributed by atoms with E-state index in [1.54, 1.807) is 17.6 Å². The molecule has 9 nitrogen and oxygen atoms in total. The number of carbonyl (C=O) groups excluding carboxylic acids is 1. The highest BCUT2D eigenvalue weighted by Gasteiger charge is 2.45. The number of ether oxygens (including phenoxy) is 3. The molecule has 0 fully saturated rings. The van der Waals surface area contributed by atoms with Crippen molar-refractivity contribution in [1.82, 2.24) is 14.5 Å². The second-order valence-corrected chi connectivity index (χ2v) is 10.2. The van der Waals surface area contributed by atoms with Crippen LogP contribution in [0.15, 0.2) is 23.0 Å². The molecule has 37 heavy (non-hydrogen) atoms. The molecule has 2 aromatic heterocycles. The maximum atomic E-state index is 13.6. The third-order valence-corrected chi connectivity index (χ3v) is 7.87. The number of pyridine rings is 2. The summed E-state index contributed by atoms with van der Waals surface area (Å²) in [5.74, 6) is 0.629. The van der Waals surface area contributed by atoms with Crippen molar-refractivity contribution in [2.45, 2.75) is 58.3 Å².